The van der Waals surface area contributed by atoms with Crippen molar-refractivity contribution in [3.63, 3.8) is 0 Å². The van der Waals surface area contributed by atoms with Crippen molar-refractivity contribution in [3.05, 3.63) is 60.2 Å². The second kappa shape index (κ2) is 8.58. The van der Waals surface area contributed by atoms with Crippen LogP contribution in [0.15, 0.2) is 59.5 Å². The van der Waals surface area contributed by atoms with Gasteiger partial charge in [0.25, 0.3) is 0 Å². The Kier molecular flexibility index (Phi) is 5.95. The zero-order valence-electron chi connectivity index (χ0n) is 13.8. The number of thioether (sulfide) groups is 1. The molecule has 3 rings (SSSR count). The van der Waals surface area contributed by atoms with E-state index in [-0.39, 0.29) is 24.4 Å². The van der Waals surface area contributed by atoms with Crippen LogP contribution < -0.4 is 16.0 Å². The number of carbonyl (C=O) groups is 2. The lowest BCUT2D eigenvalue weighted by atomic mass is 10.0. The number of fused-ring (bicyclic) bond motifs is 1. The fourth-order valence-electron chi connectivity index (χ4n) is 2.74. The summed E-state index contributed by atoms with van der Waals surface area (Å²) in [5.41, 5.74) is 1.91. The van der Waals surface area contributed by atoms with Crippen LogP contribution in [-0.4, -0.2) is 24.2 Å². The monoisotopic (exact) mass is 355 g/mol. The second-order valence-electron chi connectivity index (χ2n) is 5.79. The lowest BCUT2D eigenvalue weighted by Crippen LogP contribution is -2.35. The van der Waals surface area contributed by atoms with Crippen LogP contribution in [0.2, 0.25) is 0 Å². The van der Waals surface area contributed by atoms with Gasteiger partial charge in [0.15, 0.2) is 0 Å². The first kappa shape index (κ1) is 17.4. The smallest absolute Gasteiger partial charge is 0.319 e. The Balaban J connectivity index is 1.42. The predicted molar refractivity (Wildman–Crippen MR) is 101 cm³/mol. The molecule has 25 heavy (non-hydrogen) atoms. The van der Waals surface area contributed by atoms with Gasteiger partial charge in [-0.3, -0.25) is 4.79 Å². The molecule has 0 bridgehead atoms. The molecule has 0 saturated heterocycles. The molecule has 1 aliphatic heterocycles. The van der Waals surface area contributed by atoms with E-state index in [0.717, 1.165) is 17.9 Å². The summed E-state index contributed by atoms with van der Waals surface area (Å²) >= 11 is 1.83. The van der Waals surface area contributed by atoms with Crippen molar-refractivity contribution >= 4 is 29.4 Å². The van der Waals surface area contributed by atoms with E-state index >= 15 is 0 Å². The Labute approximate surface area is 151 Å². The minimum atomic E-state index is -0.307. The maximum absolute atomic E-state index is 12.2. The summed E-state index contributed by atoms with van der Waals surface area (Å²) in [6.45, 7) is 0.299. The number of para-hydroxylation sites is 1. The highest BCUT2D eigenvalue weighted by Gasteiger charge is 2.21. The van der Waals surface area contributed by atoms with E-state index in [1.54, 1.807) is 0 Å². The molecule has 3 amide bonds. The fourth-order valence-corrected chi connectivity index (χ4v) is 3.87. The number of benzene rings is 2. The quantitative estimate of drug-likeness (QED) is 0.768. The standard InChI is InChI=1S/C19H21N3O2S/c23-18(10-12-20-19(24)21-14-6-2-1-3-7-14)22-16-11-13-25-17-9-5-4-8-15(16)17/h1-9,16H,10-13H2,(H,22,23)(H2,20,21,24). The summed E-state index contributed by atoms with van der Waals surface area (Å²) in [7, 11) is 0. The first-order valence-electron chi connectivity index (χ1n) is 8.33. The fraction of sp³-hybridized carbons (Fsp3) is 0.263. The summed E-state index contributed by atoms with van der Waals surface area (Å²) in [6.07, 6.45) is 1.18. The van der Waals surface area contributed by atoms with Crippen LogP contribution in [0.25, 0.3) is 0 Å². The van der Waals surface area contributed by atoms with Gasteiger partial charge in [0.2, 0.25) is 5.91 Å². The number of nitrogens with one attached hydrogen (secondary N) is 3. The van der Waals surface area contributed by atoms with Gasteiger partial charge in [-0.25, -0.2) is 4.79 Å². The maximum Gasteiger partial charge on any atom is 0.319 e. The van der Waals surface area contributed by atoms with Crippen LogP contribution >= 0.6 is 11.8 Å². The molecule has 1 aliphatic rings. The number of urea groups is 1. The van der Waals surface area contributed by atoms with Crippen molar-refractivity contribution in [2.45, 2.75) is 23.8 Å². The molecular weight excluding hydrogens is 334 g/mol. The number of anilines is 1. The highest BCUT2D eigenvalue weighted by Crippen LogP contribution is 2.35. The first-order valence-corrected chi connectivity index (χ1v) is 9.32. The van der Waals surface area contributed by atoms with Crippen LogP contribution in [0.4, 0.5) is 10.5 Å². The summed E-state index contributed by atoms with van der Waals surface area (Å²) in [6, 6.07) is 17.1. The van der Waals surface area contributed by atoms with Gasteiger partial charge in [-0.2, -0.15) is 0 Å². The lowest BCUT2D eigenvalue weighted by molar-refractivity contribution is -0.121. The summed E-state index contributed by atoms with van der Waals surface area (Å²) in [5, 5.41) is 8.50. The number of carbonyl (C=O) groups excluding carboxylic acids is 2. The zero-order chi connectivity index (χ0) is 17.5. The number of amides is 3. The third kappa shape index (κ3) is 5.00. The van der Waals surface area contributed by atoms with Gasteiger partial charge in [-0.05, 0) is 30.2 Å². The molecule has 1 atom stereocenters. The third-order valence-electron chi connectivity index (χ3n) is 3.96. The van der Waals surface area contributed by atoms with Crippen LogP contribution in [0.1, 0.15) is 24.4 Å². The van der Waals surface area contributed by atoms with E-state index in [1.165, 1.54) is 10.5 Å². The third-order valence-corrected chi connectivity index (χ3v) is 5.09. The summed E-state index contributed by atoms with van der Waals surface area (Å²) in [5.74, 6) is 0.950. The van der Waals surface area contributed by atoms with Crippen molar-refractivity contribution in [1.29, 1.82) is 0 Å². The van der Waals surface area contributed by atoms with E-state index in [1.807, 2.05) is 54.2 Å². The Hall–Kier alpha value is -2.47. The summed E-state index contributed by atoms with van der Waals surface area (Å²) in [4.78, 5) is 25.2. The van der Waals surface area contributed by atoms with E-state index in [0.29, 0.717) is 6.54 Å². The highest BCUT2D eigenvalue weighted by molar-refractivity contribution is 7.99. The molecule has 130 valence electrons. The molecule has 2 aromatic rings. The zero-order valence-corrected chi connectivity index (χ0v) is 14.6. The van der Waals surface area contributed by atoms with E-state index in [2.05, 4.69) is 28.1 Å². The van der Waals surface area contributed by atoms with Gasteiger partial charge in [0.1, 0.15) is 0 Å². The number of rotatable bonds is 5. The average molecular weight is 355 g/mol. The van der Waals surface area contributed by atoms with Crippen molar-refractivity contribution in [2.24, 2.45) is 0 Å². The average Bonchev–Trinajstić information content (AvgIpc) is 2.63. The minimum Gasteiger partial charge on any atom is -0.349 e. The Morgan fingerprint density at radius 1 is 1.04 bits per heavy atom. The van der Waals surface area contributed by atoms with Crippen LogP contribution in [-0.2, 0) is 4.79 Å². The first-order chi connectivity index (χ1) is 12.2. The Morgan fingerprint density at radius 2 is 1.80 bits per heavy atom. The number of hydrogen-bond acceptors (Lipinski definition) is 3. The highest BCUT2D eigenvalue weighted by atomic mass is 32.2. The number of hydrogen-bond donors (Lipinski definition) is 3. The van der Waals surface area contributed by atoms with Crippen molar-refractivity contribution in [1.82, 2.24) is 10.6 Å². The topological polar surface area (TPSA) is 70.2 Å². The molecule has 0 spiro atoms. The van der Waals surface area contributed by atoms with Gasteiger partial charge in [0, 0.05) is 29.3 Å². The van der Waals surface area contributed by atoms with Crippen molar-refractivity contribution in [3.8, 4) is 0 Å². The van der Waals surface area contributed by atoms with E-state index < -0.39 is 0 Å². The lowest BCUT2D eigenvalue weighted by Gasteiger charge is -2.25. The van der Waals surface area contributed by atoms with E-state index in [4.69, 9.17) is 0 Å². The molecule has 0 saturated carbocycles. The Bertz CT molecular complexity index is 736. The van der Waals surface area contributed by atoms with Crippen LogP contribution in [0.3, 0.4) is 0 Å². The normalized spacial score (nSPS) is 15.8. The minimum absolute atomic E-state index is 0.0493. The van der Waals surface area contributed by atoms with Crippen molar-refractivity contribution < 1.29 is 9.59 Å². The Morgan fingerprint density at radius 3 is 2.64 bits per heavy atom. The van der Waals surface area contributed by atoms with Gasteiger partial charge in [-0.15, -0.1) is 11.8 Å². The molecule has 0 aromatic heterocycles. The molecule has 0 radical (unpaired) electrons. The molecule has 0 fully saturated rings. The van der Waals surface area contributed by atoms with Gasteiger partial charge in [0.05, 0.1) is 6.04 Å². The molecule has 0 aliphatic carbocycles. The van der Waals surface area contributed by atoms with Crippen molar-refractivity contribution in [2.75, 3.05) is 17.6 Å². The predicted octanol–water partition coefficient (Wildman–Crippen LogP) is 3.55. The van der Waals surface area contributed by atoms with Gasteiger partial charge < -0.3 is 16.0 Å². The molecule has 3 N–H and O–H groups in total. The maximum atomic E-state index is 12.2. The molecule has 1 unspecified atom stereocenters. The van der Waals surface area contributed by atoms with Crippen LogP contribution in [0.5, 0.6) is 0 Å². The second-order valence-corrected chi connectivity index (χ2v) is 6.93. The molecular formula is C19H21N3O2S. The molecule has 5 nitrogen and oxygen atoms in total. The molecule has 2 aromatic carbocycles. The summed E-state index contributed by atoms with van der Waals surface area (Å²) < 4.78 is 0. The van der Waals surface area contributed by atoms with E-state index in [9.17, 15) is 9.59 Å². The van der Waals surface area contributed by atoms with Gasteiger partial charge >= 0.3 is 6.03 Å². The largest absolute Gasteiger partial charge is 0.349 e. The van der Waals surface area contributed by atoms with Crippen LogP contribution in [0, 0.1) is 0 Å². The van der Waals surface area contributed by atoms with Gasteiger partial charge in [-0.1, -0.05) is 36.4 Å². The molecule has 1 heterocycles. The SMILES string of the molecule is O=C(CCNC(=O)Nc1ccccc1)NC1CCSc2ccccc21. The molecule has 6 heteroatoms.